The second kappa shape index (κ2) is 14.2. The summed E-state index contributed by atoms with van der Waals surface area (Å²) >= 11 is 3.58. The van der Waals surface area contributed by atoms with Crippen LogP contribution in [0.1, 0.15) is 70.6 Å². The van der Waals surface area contributed by atoms with E-state index in [4.69, 9.17) is 0 Å². The molecule has 7 heteroatoms. The molecule has 0 saturated carbocycles. The molecule has 0 radical (unpaired) electrons. The monoisotopic (exact) mass is 406 g/mol. The van der Waals surface area contributed by atoms with Gasteiger partial charge in [-0.1, -0.05) is 57.4 Å². The van der Waals surface area contributed by atoms with Crippen LogP contribution in [0.3, 0.4) is 0 Å². The fourth-order valence-corrected chi connectivity index (χ4v) is 3.61. The normalized spacial score (nSPS) is 14.4. The number of halogens is 5. The Balaban J connectivity index is 3.47. The van der Waals surface area contributed by atoms with Crippen molar-refractivity contribution in [3.05, 3.63) is 11.5 Å². The predicted molar refractivity (Wildman–Crippen MR) is 102 cm³/mol. The van der Waals surface area contributed by atoms with Crippen LogP contribution in [0.5, 0.6) is 0 Å². The van der Waals surface area contributed by atoms with Crippen molar-refractivity contribution in [2.24, 2.45) is 0 Å². The van der Waals surface area contributed by atoms with E-state index in [0.717, 1.165) is 25.7 Å². The van der Waals surface area contributed by atoms with E-state index in [1.807, 2.05) is 11.8 Å². The highest BCUT2D eigenvalue weighted by Gasteiger charge is 2.56. The Kier molecular flexibility index (Phi) is 14.2. The topological polar surface area (TPSA) is 0 Å². The van der Waals surface area contributed by atoms with Crippen LogP contribution in [0.25, 0.3) is 0 Å². The molecule has 0 heterocycles. The van der Waals surface area contributed by atoms with Crippen LogP contribution < -0.4 is 0 Å². The van der Waals surface area contributed by atoms with E-state index >= 15 is 0 Å². The van der Waals surface area contributed by atoms with Gasteiger partial charge in [0.15, 0.2) is 0 Å². The zero-order valence-electron chi connectivity index (χ0n) is 15.2. The van der Waals surface area contributed by atoms with Crippen LogP contribution in [0.15, 0.2) is 11.5 Å². The summed E-state index contributed by atoms with van der Waals surface area (Å²) in [6, 6.07) is 0. The fourth-order valence-electron chi connectivity index (χ4n) is 2.53. The number of unbranched alkanes of at least 4 members (excludes halogenated alkanes) is 8. The number of hydrogen-bond donors (Lipinski definition) is 0. The van der Waals surface area contributed by atoms with Crippen molar-refractivity contribution in [3.63, 3.8) is 0 Å². The summed E-state index contributed by atoms with van der Waals surface area (Å²) in [7, 11) is 0. The molecule has 0 nitrogen and oxygen atoms in total. The molecule has 0 aliphatic carbocycles. The van der Waals surface area contributed by atoms with Gasteiger partial charge in [0.1, 0.15) is 0 Å². The molecule has 1 atom stereocenters. The molecule has 25 heavy (non-hydrogen) atoms. The number of hydrogen-bond acceptors (Lipinski definition) is 2. The fraction of sp³-hybridized carbons (Fsp3) is 0.889. The molecule has 0 aliphatic rings. The van der Waals surface area contributed by atoms with Crippen molar-refractivity contribution in [2.75, 3.05) is 12.5 Å². The summed E-state index contributed by atoms with van der Waals surface area (Å²) in [6.07, 6.45) is 8.87. The molecule has 0 aromatic carbocycles. The summed E-state index contributed by atoms with van der Waals surface area (Å²) < 4.78 is 61.4. The van der Waals surface area contributed by atoms with Gasteiger partial charge in [0.05, 0.1) is 0 Å². The summed E-state index contributed by atoms with van der Waals surface area (Å²) in [6.45, 7) is 0. The molecule has 0 fully saturated rings. The van der Waals surface area contributed by atoms with E-state index in [1.165, 1.54) is 25.7 Å². The summed E-state index contributed by atoms with van der Waals surface area (Å²) in [4.78, 5) is 0. The highest BCUT2D eigenvalue weighted by Crippen LogP contribution is 2.39. The molecular formula is C18H31F5S2. The molecule has 0 aliphatic heterocycles. The van der Waals surface area contributed by atoms with Crippen molar-refractivity contribution in [2.45, 2.75) is 88.0 Å². The van der Waals surface area contributed by atoms with Gasteiger partial charge in [-0.15, -0.1) is 11.8 Å². The van der Waals surface area contributed by atoms with Gasteiger partial charge in [-0.2, -0.15) is 33.7 Å². The zero-order chi connectivity index (χ0) is 19.2. The van der Waals surface area contributed by atoms with Gasteiger partial charge in [0.2, 0.25) is 0 Å². The predicted octanol–water partition coefficient (Wildman–Crippen LogP) is 8.08. The van der Waals surface area contributed by atoms with Gasteiger partial charge in [-0.3, -0.25) is 0 Å². The van der Waals surface area contributed by atoms with Gasteiger partial charge in [0.25, 0.3) is 0 Å². The zero-order valence-corrected chi connectivity index (χ0v) is 16.8. The van der Waals surface area contributed by atoms with Crippen LogP contribution in [-0.4, -0.2) is 29.9 Å². The smallest absolute Gasteiger partial charge is 0.196 e. The van der Waals surface area contributed by atoms with Gasteiger partial charge >= 0.3 is 12.1 Å². The lowest BCUT2D eigenvalue weighted by molar-refractivity contribution is -0.284. The minimum absolute atomic E-state index is 0.0633. The highest BCUT2D eigenvalue weighted by atomic mass is 32.2. The second-order valence-corrected chi connectivity index (χ2v) is 8.08. The van der Waals surface area contributed by atoms with Crippen LogP contribution in [0.2, 0.25) is 0 Å². The second-order valence-electron chi connectivity index (χ2n) is 6.26. The molecule has 0 aromatic heterocycles. The Morgan fingerprint density at radius 3 is 1.68 bits per heavy atom. The minimum atomic E-state index is -5.41. The van der Waals surface area contributed by atoms with Gasteiger partial charge in [-0.25, -0.2) is 0 Å². The highest BCUT2D eigenvalue weighted by molar-refractivity contribution is 8.01. The lowest BCUT2D eigenvalue weighted by Gasteiger charge is -2.19. The lowest BCUT2D eigenvalue weighted by Crippen LogP contribution is -2.36. The van der Waals surface area contributed by atoms with Crippen molar-refractivity contribution in [1.29, 1.82) is 0 Å². The molecule has 0 N–H and O–H groups in total. The van der Waals surface area contributed by atoms with Crippen LogP contribution in [-0.2, 0) is 0 Å². The largest absolute Gasteiger partial charge is 0.453 e. The Hall–Kier alpha value is 0.0900. The van der Waals surface area contributed by atoms with E-state index in [2.05, 4.69) is 24.0 Å². The Morgan fingerprint density at radius 2 is 1.24 bits per heavy atom. The maximum atomic E-state index is 12.7. The first kappa shape index (κ1) is 25.1. The van der Waals surface area contributed by atoms with E-state index in [0.29, 0.717) is 11.7 Å². The SMILES string of the molecule is CSC=CC(CCCCCCCCCCCC(F)(F)C(F)(F)F)SC. The van der Waals surface area contributed by atoms with Crippen LogP contribution in [0.4, 0.5) is 22.0 Å². The average Bonchev–Trinajstić information content (AvgIpc) is 2.54. The first-order valence-corrected chi connectivity index (χ1v) is 11.5. The molecule has 0 saturated heterocycles. The first-order chi connectivity index (χ1) is 11.7. The molecular weight excluding hydrogens is 375 g/mol. The quantitative estimate of drug-likeness (QED) is 0.199. The third kappa shape index (κ3) is 13.0. The molecule has 0 aromatic rings. The Morgan fingerprint density at radius 1 is 0.760 bits per heavy atom. The number of rotatable bonds is 15. The van der Waals surface area contributed by atoms with Gasteiger partial charge in [-0.05, 0) is 30.8 Å². The van der Waals surface area contributed by atoms with Gasteiger partial charge < -0.3 is 0 Å². The molecule has 0 amide bonds. The maximum Gasteiger partial charge on any atom is 0.453 e. The van der Waals surface area contributed by atoms with Crippen LogP contribution >= 0.6 is 23.5 Å². The van der Waals surface area contributed by atoms with E-state index in [-0.39, 0.29) is 6.42 Å². The number of alkyl halides is 5. The number of thioether (sulfide) groups is 2. The van der Waals surface area contributed by atoms with Crippen molar-refractivity contribution in [3.8, 4) is 0 Å². The average molecular weight is 407 g/mol. The third-order valence-electron chi connectivity index (χ3n) is 4.13. The third-order valence-corrected chi connectivity index (χ3v) is 5.55. The summed E-state index contributed by atoms with van der Waals surface area (Å²) in [5, 5.41) is 2.72. The van der Waals surface area contributed by atoms with Crippen molar-refractivity contribution >= 4 is 23.5 Å². The molecule has 0 bridgehead atoms. The minimum Gasteiger partial charge on any atom is -0.196 e. The molecule has 1 unspecified atom stereocenters. The van der Waals surface area contributed by atoms with Gasteiger partial charge in [0, 0.05) is 11.7 Å². The molecule has 0 spiro atoms. The Bertz CT molecular complexity index is 343. The summed E-state index contributed by atoms with van der Waals surface area (Å²) in [5.74, 6) is -4.54. The molecule has 150 valence electrons. The molecule has 0 rings (SSSR count). The maximum absolute atomic E-state index is 12.7. The standard InChI is InChI=1S/C18H31F5S2/c1-24-15-13-16(25-2)12-10-8-6-4-3-5-7-9-11-14-17(19,20)18(21,22)23/h13,15-16H,3-12,14H2,1-2H3. The van der Waals surface area contributed by atoms with Crippen LogP contribution in [0, 0.1) is 0 Å². The van der Waals surface area contributed by atoms with E-state index in [1.54, 1.807) is 11.8 Å². The van der Waals surface area contributed by atoms with Crippen molar-refractivity contribution < 1.29 is 22.0 Å². The Labute approximate surface area is 157 Å². The first-order valence-electron chi connectivity index (χ1n) is 8.91. The lowest BCUT2D eigenvalue weighted by atomic mass is 10.0. The van der Waals surface area contributed by atoms with E-state index < -0.39 is 18.5 Å². The van der Waals surface area contributed by atoms with Crippen molar-refractivity contribution in [1.82, 2.24) is 0 Å². The summed E-state index contributed by atoms with van der Waals surface area (Å²) in [5.41, 5.74) is 0. The van der Waals surface area contributed by atoms with E-state index in [9.17, 15) is 22.0 Å².